The van der Waals surface area contributed by atoms with Gasteiger partial charge in [-0.25, -0.2) is 4.79 Å². The van der Waals surface area contributed by atoms with Crippen LogP contribution in [0, 0.1) is 0 Å². The van der Waals surface area contributed by atoms with Gasteiger partial charge >= 0.3 is 6.09 Å². The number of methoxy groups -OCH3 is 1. The number of amides is 2. The SMILES string of the molecule is COc1ccc(C(=O)NC2CCN(C(=O)Oc3ccccc3)CC2)cc1. The monoisotopic (exact) mass is 354 g/mol. The largest absolute Gasteiger partial charge is 0.497 e. The van der Waals surface area contributed by atoms with Crippen molar-refractivity contribution in [2.45, 2.75) is 18.9 Å². The van der Waals surface area contributed by atoms with E-state index in [9.17, 15) is 9.59 Å². The van der Waals surface area contributed by atoms with E-state index in [-0.39, 0.29) is 18.0 Å². The summed E-state index contributed by atoms with van der Waals surface area (Å²) in [5.74, 6) is 1.14. The predicted octanol–water partition coefficient (Wildman–Crippen LogP) is 3.09. The van der Waals surface area contributed by atoms with Crippen molar-refractivity contribution >= 4 is 12.0 Å². The van der Waals surface area contributed by atoms with Gasteiger partial charge in [-0.1, -0.05) is 18.2 Å². The van der Waals surface area contributed by atoms with E-state index in [0.717, 1.165) is 0 Å². The standard InChI is InChI=1S/C20H22N2O4/c1-25-17-9-7-15(8-10-17)19(23)21-16-11-13-22(14-12-16)20(24)26-18-5-3-2-4-6-18/h2-10,16H,11-14H2,1H3,(H,21,23). The molecule has 1 saturated heterocycles. The predicted molar refractivity (Wildman–Crippen MR) is 97.5 cm³/mol. The molecule has 26 heavy (non-hydrogen) atoms. The van der Waals surface area contributed by atoms with Crippen LogP contribution in [0.15, 0.2) is 54.6 Å². The van der Waals surface area contributed by atoms with Crippen LogP contribution in [0.5, 0.6) is 11.5 Å². The topological polar surface area (TPSA) is 67.9 Å². The van der Waals surface area contributed by atoms with Crippen molar-refractivity contribution in [3.05, 3.63) is 60.2 Å². The third-order valence-corrected chi connectivity index (χ3v) is 4.39. The number of piperidine rings is 1. The number of rotatable bonds is 4. The van der Waals surface area contributed by atoms with E-state index >= 15 is 0 Å². The van der Waals surface area contributed by atoms with Gasteiger partial charge in [0.25, 0.3) is 5.91 Å². The minimum Gasteiger partial charge on any atom is -0.497 e. The molecule has 0 spiro atoms. The van der Waals surface area contributed by atoms with E-state index in [0.29, 0.717) is 43.0 Å². The third kappa shape index (κ3) is 4.53. The zero-order valence-corrected chi connectivity index (χ0v) is 14.7. The van der Waals surface area contributed by atoms with Gasteiger partial charge in [0.05, 0.1) is 7.11 Å². The molecule has 2 aromatic carbocycles. The summed E-state index contributed by atoms with van der Waals surface area (Å²) < 4.78 is 10.4. The molecule has 2 amide bonds. The Balaban J connectivity index is 1.47. The number of carbonyl (C=O) groups is 2. The Morgan fingerprint density at radius 3 is 2.23 bits per heavy atom. The van der Waals surface area contributed by atoms with Gasteiger partial charge in [0.15, 0.2) is 0 Å². The smallest absolute Gasteiger partial charge is 0.415 e. The van der Waals surface area contributed by atoms with E-state index in [2.05, 4.69) is 5.32 Å². The van der Waals surface area contributed by atoms with E-state index < -0.39 is 0 Å². The molecule has 3 rings (SSSR count). The highest BCUT2D eigenvalue weighted by atomic mass is 16.6. The molecule has 0 saturated carbocycles. The molecular weight excluding hydrogens is 332 g/mol. The maximum absolute atomic E-state index is 12.3. The molecule has 1 heterocycles. The number of para-hydroxylation sites is 1. The van der Waals surface area contributed by atoms with E-state index in [1.54, 1.807) is 48.4 Å². The number of ether oxygens (including phenoxy) is 2. The Bertz CT molecular complexity index is 738. The maximum atomic E-state index is 12.3. The first-order valence-electron chi connectivity index (χ1n) is 8.62. The summed E-state index contributed by atoms with van der Waals surface area (Å²) in [5, 5.41) is 3.02. The second-order valence-electron chi connectivity index (χ2n) is 6.14. The summed E-state index contributed by atoms with van der Waals surface area (Å²) in [6.45, 7) is 1.11. The quantitative estimate of drug-likeness (QED) is 0.916. The summed E-state index contributed by atoms with van der Waals surface area (Å²) >= 11 is 0. The molecule has 0 atom stereocenters. The zero-order valence-electron chi connectivity index (χ0n) is 14.7. The van der Waals surface area contributed by atoms with Crippen molar-refractivity contribution < 1.29 is 19.1 Å². The van der Waals surface area contributed by atoms with Crippen LogP contribution < -0.4 is 14.8 Å². The van der Waals surface area contributed by atoms with Crippen molar-refractivity contribution in [1.82, 2.24) is 10.2 Å². The van der Waals surface area contributed by atoms with Gasteiger partial charge in [-0.3, -0.25) is 4.79 Å². The van der Waals surface area contributed by atoms with E-state index in [1.807, 2.05) is 18.2 Å². The first-order valence-corrected chi connectivity index (χ1v) is 8.62. The molecule has 0 unspecified atom stereocenters. The van der Waals surface area contributed by atoms with Crippen LogP contribution in [-0.4, -0.2) is 43.1 Å². The molecule has 1 aliphatic heterocycles. The Labute approximate surface area is 152 Å². The second-order valence-corrected chi connectivity index (χ2v) is 6.14. The zero-order chi connectivity index (χ0) is 18.4. The summed E-state index contributed by atoms with van der Waals surface area (Å²) in [7, 11) is 1.59. The van der Waals surface area contributed by atoms with Crippen molar-refractivity contribution in [3.8, 4) is 11.5 Å². The van der Waals surface area contributed by atoms with Crippen molar-refractivity contribution in [2.75, 3.05) is 20.2 Å². The molecule has 0 bridgehead atoms. The van der Waals surface area contributed by atoms with Crippen LogP contribution in [-0.2, 0) is 0 Å². The summed E-state index contributed by atoms with van der Waals surface area (Å²) in [6.07, 6.45) is 1.05. The van der Waals surface area contributed by atoms with Crippen LogP contribution >= 0.6 is 0 Å². The van der Waals surface area contributed by atoms with Crippen molar-refractivity contribution in [3.63, 3.8) is 0 Å². The Morgan fingerprint density at radius 1 is 0.962 bits per heavy atom. The molecule has 0 aromatic heterocycles. The van der Waals surface area contributed by atoms with Gasteiger partial charge in [0.2, 0.25) is 0 Å². The first kappa shape index (κ1) is 17.8. The highest BCUT2D eigenvalue weighted by Crippen LogP contribution is 2.16. The van der Waals surface area contributed by atoms with Crippen LogP contribution in [0.3, 0.4) is 0 Å². The molecule has 6 heteroatoms. The number of nitrogens with one attached hydrogen (secondary N) is 1. The van der Waals surface area contributed by atoms with Crippen LogP contribution in [0.25, 0.3) is 0 Å². The molecule has 1 fully saturated rings. The fourth-order valence-electron chi connectivity index (χ4n) is 2.87. The molecule has 1 aliphatic rings. The van der Waals surface area contributed by atoms with Crippen LogP contribution in [0.2, 0.25) is 0 Å². The minimum absolute atomic E-state index is 0.0466. The maximum Gasteiger partial charge on any atom is 0.415 e. The summed E-state index contributed by atoms with van der Waals surface area (Å²) in [6, 6.07) is 16.1. The lowest BCUT2D eigenvalue weighted by Crippen LogP contribution is -2.47. The van der Waals surface area contributed by atoms with Crippen LogP contribution in [0.1, 0.15) is 23.2 Å². The third-order valence-electron chi connectivity index (χ3n) is 4.39. The van der Waals surface area contributed by atoms with E-state index in [4.69, 9.17) is 9.47 Å². The van der Waals surface area contributed by atoms with Crippen LogP contribution in [0.4, 0.5) is 4.79 Å². The molecule has 2 aromatic rings. The number of nitrogens with zero attached hydrogens (tertiary/aromatic N) is 1. The number of carbonyl (C=O) groups excluding carboxylic acids is 2. The fourth-order valence-corrected chi connectivity index (χ4v) is 2.87. The van der Waals surface area contributed by atoms with Gasteiger partial charge in [-0.2, -0.15) is 0 Å². The lowest BCUT2D eigenvalue weighted by atomic mass is 10.0. The highest BCUT2D eigenvalue weighted by molar-refractivity contribution is 5.94. The molecule has 0 radical (unpaired) electrons. The van der Waals surface area contributed by atoms with Gasteiger partial charge in [-0.05, 0) is 49.2 Å². The first-order chi connectivity index (χ1) is 12.7. The molecule has 6 nitrogen and oxygen atoms in total. The number of hydrogen-bond donors (Lipinski definition) is 1. The lowest BCUT2D eigenvalue weighted by molar-refractivity contribution is 0.0910. The summed E-state index contributed by atoms with van der Waals surface area (Å²) in [5.41, 5.74) is 0.594. The van der Waals surface area contributed by atoms with E-state index in [1.165, 1.54) is 0 Å². The van der Waals surface area contributed by atoms with Gasteiger partial charge in [0.1, 0.15) is 11.5 Å². The van der Waals surface area contributed by atoms with Crippen molar-refractivity contribution in [1.29, 1.82) is 0 Å². The number of hydrogen-bond acceptors (Lipinski definition) is 4. The Kier molecular flexibility index (Phi) is 5.73. The normalized spacial score (nSPS) is 14.6. The second kappa shape index (κ2) is 8.38. The summed E-state index contributed by atoms with van der Waals surface area (Å²) in [4.78, 5) is 26.2. The average Bonchev–Trinajstić information content (AvgIpc) is 2.69. The molecule has 0 aliphatic carbocycles. The van der Waals surface area contributed by atoms with Gasteiger partial charge < -0.3 is 19.7 Å². The van der Waals surface area contributed by atoms with Crippen molar-refractivity contribution in [2.24, 2.45) is 0 Å². The van der Waals surface area contributed by atoms with Gasteiger partial charge in [0, 0.05) is 24.7 Å². The lowest BCUT2D eigenvalue weighted by Gasteiger charge is -2.31. The molecule has 136 valence electrons. The molecular formula is C20H22N2O4. The fraction of sp³-hybridized carbons (Fsp3) is 0.300. The van der Waals surface area contributed by atoms with Gasteiger partial charge in [-0.15, -0.1) is 0 Å². The number of likely N-dealkylation sites (tertiary alicyclic amines) is 1. The Hall–Kier alpha value is -3.02. The Morgan fingerprint density at radius 2 is 1.62 bits per heavy atom. The number of benzene rings is 2. The highest BCUT2D eigenvalue weighted by Gasteiger charge is 2.25. The molecule has 1 N–H and O–H groups in total. The minimum atomic E-state index is -0.351. The average molecular weight is 354 g/mol.